The average molecular weight is 227 g/mol. The van der Waals surface area contributed by atoms with Gasteiger partial charge in [-0.05, 0) is 53.4 Å². The minimum atomic E-state index is -0.442. The SMILES string of the molecule is CC1(C)CC(NCC2(O)CCC2)C(C)(C)O1. The summed E-state index contributed by atoms with van der Waals surface area (Å²) in [5.74, 6) is 0. The second-order valence-electron chi connectivity index (χ2n) is 6.68. The van der Waals surface area contributed by atoms with Crippen molar-refractivity contribution >= 4 is 0 Å². The first-order valence-corrected chi connectivity index (χ1v) is 6.39. The Morgan fingerprint density at radius 3 is 2.25 bits per heavy atom. The first-order chi connectivity index (χ1) is 7.23. The summed E-state index contributed by atoms with van der Waals surface area (Å²) in [6.45, 7) is 9.23. The third kappa shape index (κ3) is 2.41. The molecule has 0 spiro atoms. The molecule has 2 fully saturated rings. The molecule has 2 N–H and O–H groups in total. The first kappa shape index (κ1) is 12.3. The average Bonchev–Trinajstić information content (AvgIpc) is 2.27. The van der Waals surface area contributed by atoms with Crippen LogP contribution in [0.3, 0.4) is 0 Å². The van der Waals surface area contributed by atoms with Gasteiger partial charge in [-0.1, -0.05) is 0 Å². The maximum absolute atomic E-state index is 10.1. The second kappa shape index (κ2) is 3.69. The molecule has 1 heterocycles. The molecule has 0 aromatic rings. The summed E-state index contributed by atoms with van der Waals surface area (Å²) in [7, 11) is 0. The van der Waals surface area contributed by atoms with E-state index in [2.05, 4.69) is 33.0 Å². The Morgan fingerprint density at radius 2 is 1.88 bits per heavy atom. The smallest absolute Gasteiger partial charge is 0.0787 e. The highest BCUT2D eigenvalue weighted by molar-refractivity contribution is 5.01. The maximum atomic E-state index is 10.1. The highest BCUT2D eigenvalue weighted by Crippen LogP contribution is 2.38. The van der Waals surface area contributed by atoms with Crippen LogP contribution in [-0.4, -0.2) is 34.5 Å². The van der Waals surface area contributed by atoms with Gasteiger partial charge in [0.25, 0.3) is 0 Å². The molecule has 1 saturated heterocycles. The van der Waals surface area contributed by atoms with Gasteiger partial charge in [0.15, 0.2) is 0 Å². The molecule has 1 saturated carbocycles. The molecule has 0 aromatic carbocycles. The zero-order valence-corrected chi connectivity index (χ0v) is 11.0. The Kier molecular flexibility index (Phi) is 2.84. The van der Waals surface area contributed by atoms with Crippen LogP contribution in [0.4, 0.5) is 0 Å². The molecule has 94 valence electrons. The fourth-order valence-electron chi connectivity index (χ4n) is 2.96. The molecule has 0 aromatic heterocycles. The molecule has 0 radical (unpaired) electrons. The van der Waals surface area contributed by atoms with Crippen molar-refractivity contribution in [1.29, 1.82) is 0 Å². The number of rotatable bonds is 3. The predicted octanol–water partition coefficient (Wildman–Crippen LogP) is 1.84. The van der Waals surface area contributed by atoms with Gasteiger partial charge in [-0.2, -0.15) is 0 Å². The fourth-order valence-corrected chi connectivity index (χ4v) is 2.96. The van der Waals surface area contributed by atoms with Crippen LogP contribution in [0.5, 0.6) is 0 Å². The van der Waals surface area contributed by atoms with Crippen molar-refractivity contribution in [2.45, 2.75) is 76.2 Å². The van der Waals surface area contributed by atoms with Gasteiger partial charge in [0, 0.05) is 12.6 Å². The van der Waals surface area contributed by atoms with E-state index in [1.807, 2.05) is 0 Å². The van der Waals surface area contributed by atoms with Crippen molar-refractivity contribution in [2.24, 2.45) is 0 Å². The standard InChI is InChI=1S/C13H25NO2/c1-11(2)8-10(12(3,4)16-11)14-9-13(15)6-5-7-13/h10,14-15H,5-9H2,1-4H3. The van der Waals surface area contributed by atoms with Gasteiger partial charge in [-0.3, -0.25) is 0 Å². The van der Waals surface area contributed by atoms with Crippen molar-refractivity contribution in [3.63, 3.8) is 0 Å². The van der Waals surface area contributed by atoms with E-state index in [9.17, 15) is 5.11 Å². The summed E-state index contributed by atoms with van der Waals surface area (Å²) in [5, 5.41) is 13.6. The largest absolute Gasteiger partial charge is 0.389 e. The highest BCUT2D eigenvalue weighted by Gasteiger charge is 2.46. The second-order valence-corrected chi connectivity index (χ2v) is 6.68. The molecule has 1 unspecified atom stereocenters. The zero-order valence-electron chi connectivity index (χ0n) is 11.0. The molecular weight excluding hydrogens is 202 g/mol. The lowest BCUT2D eigenvalue weighted by Gasteiger charge is -2.39. The van der Waals surface area contributed by atoms with Gasteiger partial charge < -0.3 is 15.2 Å². The molecule has 3 nitrogen and oxygen atoms in total. The molecular formula is C13H25NO2. The lowest BCUT2D eigenvalue weighted by atomic mass is 9.80. The molecule has 0 bridgehead atoms. The van der Waals surface area contributed by atoms with Crippen molar-refractivity contribution in [3.05, 3.63) is 0 Å². The van der Waals surface area contributed by atoms with Gasteiger partial charge in [-0.15, -0.1) is 0 Å². The Hall–Kier alpha value is -0.120. The van der Waals surface area contributed by atoms with E-state index < -0.39 is 5.60 Å². The first-order valence-electron chi connectivity index (χ1n) is 6.39. The molecule has 3 heteroatoms. The normalized spacial score (nSPS) is 34.7. The minimum Gasteiger partial charge on any atom is -0.389 e. The van der Waals surface area contributed by atoms with Crippen LogP contribution < -0.4 is 5.32 Å². The van der Waals surface area contributed by atoms with Crippen LogP contribution >= 0.6 is 0 Å². The molecule has 16 heavy (non-hydrogen) atoms. The third-order valence-corrected chi connectivity index (χ3v) is 4.04. The monoisotopic (exact) mass is 227 g/mol. The van der Waals surface area contributed by atoms with Crippen molar-refractivity contribution in [1.82, 2.24) is 5.32 Å². The van der Waals surface area contributed by atoms with E-state index in [-0.39, 0.29) is 11.2 Å². The lowest BCUT2D eigenvalue weighted by Crippen LogP contribution is -2.52. The quantitative estimate of drug-likeness (QED) is 0.773. The van der Waals surface area contributed by atoms with Gasteiger partial charge in [-0.25, -0.2) is 0 Å². The highest BCUT2D eigenvalue weighted by atomic mass is 16.5. The van der Waals surface area contributed by atoms with Crippen LogP contribution in [0.15, 0.2) is 0 Å². The Balaban J connectivity index is 1.89. The van der Waals surface area contributed by atoms with Gasteiger partial charge in [0.1, 0.15) is 0 Å². The van der Waals surface area contributed by atoms with E-state index in [1.54, 1.807) is 0 Å². The van der Waals surface area contributed by atoms with Gasteiger partial charge in [0.05, 0.1) is 16.8 Å². The molecule has 2 aliphatic rings. The van der Waals surface area contributed by atoms with Crippen LogP contribution in [0.25, 0.3) is 0 Å². The van der Waals surface area contributed by atoms with Gasteiger partial charge in [0.2, 0.25) is 0 Å². The summed E-state index contributed by atoms with van der Waals surface area (Å²) in [5.41, 5.74) is -0.629. The minimum absolute atomic E-state index is 0.0522. The molecule has 1 aliphatic carbocycles. The number of ether oxygens (including phenoxy) is 1. The Morgan fingerprint density at radius 1 is 1.25 bits per heavy atom. The van der Waals surface area contributed by atoms with Crippen LogP contribution in [0.1, 0.15) is 53.4 Å². The number of aliphatic hydroxyl groups is 1. The van der Waals surface area contributed by atoms with Gasteiger partial charge >= 0.3 is 0 Å². The summed E-state index contributed by atoms with van der Waals surface area (Å²) in [6.07, 6.45) is 4.05. The summed E-state index contributed by atoms with van der Waals surface area (Å²) >= 11 is 0. The van der Waals surface area contributed by atoms with Crippen molar-refractivity contribution < 1.29 is 9.84 Å². The molecule has 1 atom stereocenters. The van der Waals surface area contributed by atoms with E-state index in [0.29, 0.717) is 12.6 Å². The summed E-state index contributed by atoms with van der Waals surface area (Å²) in [6, 6.07) is 0.340. The fraction of sp³-hybridized carbons (Fsp3) is 1.00. The lowest BCUT2D eigenvalue weighted by molar-refractivity contribution is -0.0740. The predicted molar refractivity (Wildman–Crippen MR) is 64.5 cm³/mol. The van der Waals surface area contributed by atoms with Crippen LogP contribution in [-0.2, 0) is 4.74 Å². The number of hydrogen-bond acceptors (Lipinski definition) is 3. The Bertz CT molecular complexity index is 269. The van der Waals surface area contributed by atoms with E-state index in [0.717, 1.165) is 25.7 Å². The summed E-state index contributed by atoms with van der Waals surface area (Å²) in [4.78, 5) is 0. The number of nitrogens with one attached hydrogen (secondary N) is 1. The number of hydrogen-bond donors (Lipinski definition) is 2. The zero-order chi connectivity index (χ0) is 12.0. The third-order valence-electron chi connectivity index (χ3n) is 4.04. The van der Waals surface area contributed by atoms with E-state index >= 15 is 0 Å². The summed E-state index contributed by atoms with van der Waals surface area (Å²) < 4.78 is 6.02. The van der Waals surface area contributed by atoms with E-state index in [1.165, 1.54) is 0 Å². The van der Waals surface area contributed by atoms with Crippen molar-refractivity contribution in [2.75, 3.05) is 6.54 Å². The van der Waals surface area contributed by atoms with Crippen LogP contribution in [0, 0.1) is 0 Å². The topological polar surface area (TPSA) is 41.5 Å². The van der Waals surface area contributed by atoms with Crippen molar-refractivity contribution in [3.8, 4) is 0 Å². The maximum Gasteiger partial charge on any atom is 0.0787 e. The van der Waals surface area contributed by atoms with E-state index in [4.69, 9.17) is 4.74 Å². The molecule has 0 amide bonds. The molecule has 1 aliphatic heterocycles. The molecule has 2 rings (SSSR count). The van der Waals surface area contributed by atoms with Crippen LogP contribution in [0.2, 0.25) is 0 Å². The Labute approximate surface area is 98.6 Å².